The summed E-state index contributed by atoms with van der Waals surface area (Å²) >= 11 is 0. The van der Waals surface area contributed by atoms with Crippen LogP contribution in [0.1, 0.15) is 36.1 Å². The van der Waals surface area contributed by atoms with Gasteiger partial charge < -0.3 is 9.84 Å². The fourth-order valence-corrected chi connectivity index (χ4v) is 3.41. The van der Waals surface area contributed by atoms with Gasteiger partial charge >= 0.3 is 0 Å². The Kier molecular flexibility index (Phi) is 5.04. The topological polar surface area (TPSA) is 66.8 Å². The van der Waals surface area contributed by atoms with Crippen molar-refractivity contribution in [2.45, 2.75) is 33.2 Å². The highest BCUT2D eigenvalue weighted by molar-refractivity contribution is 6.16. The molecule has 1 aliphatic heterocycles. The summed E-state index contributed by atoms with van der Waals surface area (Å²) in [4.78, 5) is 27.0. The number of anilines is 1. The summed E-state index contributed by atoms with van der Waals surface area (Å²) in [5, 5.41) is 10.5. The van der Waals surface area contributed by atoms with Crippen LogP contribution in [0.3, 0.4) is 0 Å². The number of ether oxygens (including phenoxy) is 1. The Balaban J connectivity index is 2.20. The second-order valence-corrected chi connectivity index (χ2v) is 6.68. The van der Waals surface area contributed by atoms with Crippen molar-refractivity contribution in [1.82, 2.24) is 0 Å². The number of carbonyl (C=O) groups excluding carboxylic acids is 2. The van der Waals surface area contributed by atoms with Crippen LogP contribution in [-0.2, 0) is 9.59 Å². The van der Waals surface area contributed by atoms with Gasteiger partial charge in [0, 0.05) is 12.1 Å². The van der Waals surface area contributed by atoms with E-state index >= 15 is 0 Å². The number of aliphatic hydroxyl groups excluding tert-OH is 1. The van der Waals surface area contributed by atoms with Crippen molar-refractivity contribution in [3.63, 3.8) is 0 Å². The van der Waals surface area contributed by atoms with E-state index in [9.17, 15) is 14.7 Å². The van der Waals surface area contributed by atoms with Crippen LogP contribution in [0.25, 0.3) is 0 Å². The van der Waals surface area contributed by atoms with Crippen molar-refractivity contribution in [3.8, 4) is 5.75 Å². The van der Waals surface area contributed by atoms with Crippen LogP contribution in [0.15, 0.2) is 53.8 Å². The molecule has 5 nitrogen and oxygen atoms in total. The molecule has 3 rings (SSSR count). The number of Topliss-reactive ketones (excluding diaryl/α,β-unsaturated/α-hetero) is 1. The largest absolute Gasteiger partial charge is 0.503 e. The van der Waals surface area contributed by atoms with Crippen molar-refractivity contribution in [3.05, 3.63) is 70.5 Å². The molecule has 1 atom stereocenters. The normalized spacial score (nSPS) is 16.8. The van der Waals surface area contributed by atoms with Gasteiger partial charge in [-0.3, -0.25) is 14.5 Å². The van der Waals surface area contributed by atoms with Crippen LogP contribution in [0, 0.1) is 13.8 Å². The molecule has 0 radical (unpaired) electrons. The molecular formula is C22H23NO4. The van der Waals surface area contributed by atoms with E-state index in [-0.39, 0.29) is 17.8 Å². The number of rotatable bonds is 5. The van der Waals surface area contributed by atoms with E-state index < -0.39 is 17.7 Å². The minimum absolute atomic E-state index is 0.147. The molecule has 2 aromatic carbocycles. The van der Waals surface area contributed by atoms with Crippen LogP contribution >= 0.6 is 0 Å². The van der Waals surface area contributed by atoms with Gasteiger partial charge in [0.2, 0.25) is 0 Å². The average Bonchev–Trinajstić information content (AvgIpc) is 2.94. The summed E-state index contributed by atoms with van der Waals surface area (Å²) in [6.07, 6.45) is 0.208. The number of ketones is 1. The van der Waals surface area contributed by atoms with E-state index in [1.165, 1.54) is 4.90 Å². The molecule has 0 aliphatic carbocycles. The first kappa shape index (κ1) is 18.7. The molecule has 1 unspecified atom stereocenters. The number of hydrogen-bond acceptors (Lipinski definition) is 4. The van der Waals surface area contributed by atoms with Gasteiger partial charge in [-0.05, 0) is 48.7 Å². The zero-order chi connectivity index (χ0) is 19.7. The summed E-state index contributed by atoms with van der Waals surface area (Å²) < 4.78 is 5.21. The van der Waals surface area contributed by atoms with Crippen LogP contribution in [0.4, 0.5) is 5.69 Å². The summed E-state index contributed by atoms with van der Waals surface area (Å²) in [6.45, 7) is 5.57. The first-order valence-corrected chi connectivity index (χ1v) is 8.90. The number of methoxy groups -OCH3 is 1. The van der Waals surface area contributed by atoms with Crippen molar-refractivity contribution in [2.24, 2.45) is 0 Å². The van der Waals surface area contributed by atoms with E-state index in [1.807, 2.05) is 44.2 Å². The molecule has 2 aromatic rings. The number of aryl methyl sites for hydroxylation is 2. The first-order chi connectivity index (χ1) is 12.9. The zero-order valence-corrected chi connectivity index (χ0v) is 15.9. The van der Waals surface area contributed by atoms with Crippen LogP contribution in [0.5, 0.6) is 5.75 Å². The Hall–Kier alpha value is -3.08. The number of benzene rings is 2. The standard InChI is InChI=1S/C22H23NO4/c1-5-18(24)19-20(15-8-10-16(27-4)11-9-15)23(22(26)21(19)25)17-12-13(2)6-7-14(17)3/h6-12,20,25H,5H2,1-4H3. The Labute approximate surface area is 158 Å². The van der Waals surface area contributed by atoms with E-state index in [4.69, 9.17) is 4.74 Å². The summed E-state index contributed by atoms with van der Waals surface area (Å²) in [7, 11) is 1.58. The lowest BCUT2D eigenvalue weighted by molar-refractivity contribution is -0.118. The predicted octanol–water partition coefficient (Wildman–Crippen LogP) is 4.19. The van der Waals surface area contributed by atoms with Gasteiger partial charge in [0.25, 0.3) is 5.91 Å². The molecule has 140 valence electrons. The van der Waals surface area contributed by atoms with Gasteiger partial charge in [0.15, 0.2) is 11.5 Å². The molecule has 0 saturated heterocycles. The highest BCUT2D eigenvalue weighted by Crippen LogP contribution is 2.42. The minimum Gasteiger partial charge on any atom is -0.503 e. The summed E-state index contributed by atoms with van der Waals surface area (Å²) in [5.41, 5.74) is 3.46. The number of nitrogens with zero attached hydrogens (tertiary/aromatic N) is 1. The van der Waals surface area contributed by atoms with Crippen LogP contribution in [0.2, 0.25) is 0 Å². The Morgan fingerprint density at radius 1 is 1.15 bits per heavy atom. The van der Waals surface area contributed by atoms with Crippen molar-refractivity contribution < 1.29 is 19.4 Å². The SMILES string of the molecule is CCC(=O)C1=C(O)C(=O)N(c2cc(C)ccc2C)C1c1ccc(OC)cc1. The predicted molar refractivity (Wildman–Crippen MR) is 104 cm³/mol. The van der Waals surface area contributed by atoms with Gasteiger partial charge in [-0.25, -0.2) is 0 Å². The molecular weight excluding hydrogens is 342 g/mol. The quantitative estimate of drug-likeness (QED) is 0.863. The molecule has 0 fully saturated rings. The maximum absolute atomic E-state index is 12.9. The fraction of sp³-hybridized carbons (Fsp3) is 0.273. The van der Waals surface area contributed by atoms with Gasteiger partial charge in [0.05, 0.1) is 18.7 Å². The molecule has 1 aliphatic rings. The molecule has 0 spiro atoms. The Bertz CT molecular complexity index is 928. The lowest BCUT2D eigenvalue weighted by Crippen LogP contribution is -2.31. The maximum atomic E-state index is 12.9. The number of aliphatic hydroxyl groups is 1. The van der Waals surface area contributed by atoms with Crippen molar-refractivity contribution in [2.75, 3.05) is 12.0 Å². The zero-order valence-electron chi connectivity index (χ0n) is 15.9. The number of amides is 1. The second kappa shape index (κ2) is 7.27. The minimum atomic E-state index is -0.670. The van der Waals surface area contributed by atoms with Gasteiger partial charge in [-0.2, -0.15) is 0 Å². The molecule has 1 amide bonds. The third-order valence-corrected chi connectivity index (χ3v) is 4.89. The number of hydrogen-bond donors (Lipinski definition) is 1. The van der Waals surface area contributed by atoms with E-state index in [2.05, 4.69) is 0 Å². The van der Waals surface area contributed by atoms with Crippen molar-refractivity contribution >= 4 is 17.4 Å². The molecule has 1 heterocycles. The highest BCUT2D eigenvalue weighted by atomic mass is 16.5. The Morgan fingerprint density at radius 2 is 1.81 bits per heavy atom. The molecule has 1 N–H and O–H groups in total. The second-order valence-electron chi connectivity index (χ2n) is 6.68. The van der Waals surface area contributed by atoms with Crippen LogP contribution < -0.4 is 9.64 Å². The molecule has 0 aromatic heterocycles. The highest BCUT2D eigenvalue weighted by Gasteiger charge is 2.44. The number of carbonyl (C=O) groups is 2. The smallest absolute Gasteiger partial charge is 0.294 e. The van der Waals surface area contributed by atoms with Crippen molar-refractivity contribution in [1.29, 1.82) is 0 Å². The third kappa shape index (κ3) is 3.21. The summed E-state index contributed by atoms with van der Waals surface area (Å²) in [6, 6.07) is 12.3. The first-order valence-electron chi connectivity index (χ1n) is 8.90. The van der Waals surface area contributed by atoms with E-state index in [1.54, 1.807) is 26.2 Å². The van der Waals surface area contributed by atoms with E-state index in [0.717, 1.165) is 16.7 Å². The average molecular weight is 365 g/mol. The molecule has 0 saturated carbocycles. The van der Waals surface area contributed by atoms with Crippen LogP contribution in [-0.4, -0.2) is 23.9 Å². The monoisotopic (exact) mass is 365 g/mol. The summed E-state index contributed by atoms with van der Waals surface area (Å²) in [5.74, 6) is -0.586. The van der Waals surface area contributed by atoms with Gasteiger partial charge in [0.1, 0.15) is 5.75 Å². The molecule has 5 heteroatoms. The molecule has 27 heavy (non-hydrogen) atoms. The lowest BCUT2D eigenvalue weighted by Gasteiger charge is -2.28. The lowest BCUT2D eigenvalue weighted by atomic mass is 9.94. The Morgan fingerprint density at radius 3 is 2.41 bits per heavy atom. The van der Waals surface area contributed by atoms with Gasteiger partial charge in [-0.15, -0.1) is 0 Å². The third-order valence-electron chi connectivity index (χ3n) is 4.89. The molecule has 0 bridgehead atoms. The maximum Gasteiger partial charge on any atom is 0.294 e. The van der Waals surface area contributed by atoms with E-state index in [0.29, 0.717) is 11.4 Å². The fourth-order valence-electron chi connectivity index (χ4n) is 3.41. The van der Waals surface area contributed by atoms with Gasteiger partial charge in [-0.1, -0.05) is 31.2 Å².